The van der Waals surface area contributed by atoms with Gasteiger partial charge in [0.25, 0.3) is 5.56 Å². The van der Waals surface area contributed by atoms with Crippen LogP contribution in [0.5, 0.6) is 5.75 Å². The number of thiazole rings is 1. The Kier molecular flexibility index (Phi) is 8.37. The molecule has 0 spiro atoms. The highest BCUT2D eigenvalue weighted by atomic mass is 32.1. The second kappa shape index (κ2) is 12.6. The maximum Gasteiger partial charge on any atom is 0.338 e. The second-order valence-electron chi connectivity index (χ2n) is 10.4. The Morgan fingerprint density at radius 2 is 1.96 bits per heavy atom. The van der Waals surface area contributed by atoms with Gasteiger partial charge in [-0.25, -0.2) is 9.79 Å². The number of benzene rings is 3. The summed E-state index contributed by atoms with van der Waals surface area (Å²) in [4.78, 5) is 43.6. The third kappa shape index (κ3) is 5.40. The van der Waals surface area contributed by atoms with Gasteiger partial charge in [0.2, 0.25) is 5.82 Å². The number of aromatic nitrogens is 1. The summed E-state index contributed by atoms with van der Waals surface area (Å²) in [7, 11) is 1.54. The van der Waals surface area contributed by atoms with Crippen molar-refractivity contribution >= 4 is 39.8 Å². The van der Waals surface area contributed by atoms with Crippen LogP contribution in [0.1, 0.15) is 44.1 Å². The van der Waals surface area contributed by atoms with Gasteiger partial charge >= 0.3 is 11.7 Å². The van der Waals surface area contributed by atoms with E-state index in [1.807, 2.05) is 43.3 Å². The van der Waals surface area contributed by atoms with Crippen molar-refractivity contribution in [3.8, 4) is 17.1 Å². The van der Waals surface area contributed by atoms with E-state index >= 15 is 0 Å². The number of esters is 1. The molecule has 0 fully saturated rings. The zero-order valence-electron chi connectivity index (χ0n) is 25.1. The minimum Gasteiger partial charge on any atom is -0.496 e. The molecule has 46 heavy (non-hydrogen) atoms. The first-order valence-electron chi connectivity index (χ1n) is 14.6. The van der Waals surface area contributed by atoms with Crippen LogP contribution in [0.2, 0.25) is 0 Å². The van der Waals surface area contributed by atoms with Gasteiger partial charge < -0.3 is 13.9 Å². The molecule has 12 heteroatoms. The fourth-order valence-electron chi connectivity index (χ4n) is 5.65. The zero-order valence-corrected chi connectivity index (χ0v) is 25.9. The lowest BCUT2D eigenvalue weighted by atomic mass is 9.90. The molecule has 0 N–H and O–H groups in total. The van der Waals surface area contributed by atoms with Gasteiger partial charge in [0.05, 0.1) is 34.4 Å². The first-order chi connectivity index (χ1) is 22.2. The van der Waals surface area contributed by atoms with Gasteiger partial charge in [-0.1, -0.05) is 55.0 Å². The summed E-state index contributed by atoms with van der Waals surface area (Å²) in [6.07, 6.45) is 2.73. The Labute approximate surface area is 265 Å². The standard InChI is InChI=1S/C34H28FN3O7S/c1-4-8-24-30(33(40)44-5-2)31(29-22-10-7-6-9-19(22)12-15-27(29)43-3)37-32(39)28(46-34(37)36-24)18-21-13-16-26(45-21)20-11-14-23(35)25(17-20)38(41)42/h6-7,9-18,31H,4-5,8H2,1-3H3/b28-18-/t31-/m0/s1. The number of carbonyl (C=O) groups is 1. The van der Waals surface area contributed by atoms with Crippen LogP contribution >= 0.6 is 11.3 Å². The maximum atomic E-state index is 14.3. The van der Waals surface area contributed by atoms with Crippen LogP contribution in [0, 0.1) is 15.9 Å². The zero-order chi connectivity index (χ0) is 32.5. The summed E-state index contributed by atoms with van der Waals surface area (Å²) in [5.74, 6) is -0.459. The van der Waals surface area contributed by atoms with Crippen molar-refractivity contribution in [2.75, 3.05) is 13.7 Å². The molecule has 3 aromatic carbocycles. The predicted octanol–water partition coefficient (Wildman–Crippen LogP) is 6.05. The van der Waals surface area contributed by atoms with Crippen molar-refractivity contribution in [1.29, 1.82) is 0 Å². The molecule has 6 rings (SSSR count). The molecule has 3 heterocycles. The van der Waals surface area contributed by atoms with Gasteiger partial charge in [-0.3, -0.25) is 19.5 Å². The van der Waals surface area contributed by atoms with Gasteiger partial charge in [0.15, 0.2) is 4.80 Å². The first-order valence-corrected chi connectivity index (χ1v) is 15.4. The average Bonchev–Trinajstić information content (AvgIpc) is 3.64. The van der Waals surface area contributed by atoms with E-state index < -0.39 is 34.0 Å². The number of nitro groups is 1. The van der Waals surface area contributed by atoms with Gasteiger partial charge in [0.1, 0.15) is 23.3 Å². The summed E-state index contributed by atoms with van der Waals surface area (Å²) < 4.78 is 33.0. The Bertz CT molecular complexity index is 2230. The molecule has 10 nitrogen and oxygen atoms in total. The number of hydrogen-bond donors (Lipinski definition) is 0. The van der Waals surface area contributed by atoms with Crippen molar-refractivity contribution < 1.29 is 28.0 Å². The summed E-state index contributed by atoms with van der Waals surface area (Å²) in [6.45, 7) is 3.85. The molecule has 1 aliphatic rings. The number of rotatable bonds is 9. The van der Waals surface area contributed by atoms with Crippen LogP contribution in [0.25, 0.3) is 28.2 Å². The Morgan fingerprint density at radius 3 is 2.70 bits per heavy atom. The number of carbonyl (C=O) groups excluding carboxylic acids is 1. The number of fused-ring (bicyclic) bond motifs is 2. The SMILES string of the molecule is CCCC1=C(C(=O)OCC)[C@H](c2c(OC)ccc3ccccc23)n2c(s/c(=C\c3ccc(-c4ccc(F)c([N+](=O)[O-])c4)o3)c2=O)=N1. The van der Waals surface area contributed by atoms with E-state index in [9.17, 15) is 24.1 Å². The number of nitrogens with zero attached hydrogens (tertiary/aromatic N) is 3. The summed E-state index contributed by atoms with van der Waals surface area (Å²) in [5, 5.41) is 13.0. The molecule has 1 atom stereocenters. The molecule has 0 unspecified atom stereocenters. The van der Waals surface area contributed by atoms with Crippen molar-refractivity contribution in [2.24, 2.45) is 4.99 Å². The quantitative estimate of drug-likeness (QED) is 0.109. The molecule has 0 amide bonds. The second-order valence-corrected chi connectivity index (χ2v) is 11.5. The summed E-state index contributed by atoms with van der Waals surface area (Å²) in [5.41, 5.74) is 0.672. The van der Waals surface area contributed by atoms with Crippen molar-refractivity contribution in [2.45, 2.75) is 32.7 Å². The number of methoxy groups -OCH3 is 1. The number of allylic oxidation sites excluding steroid dienone is 1. The van der Waals surface area contributed by atoms with Crippen molar-refractivity contribution in [3.63, 3.8) is 0 Å². The molecule has 0 aliphatic carbocycles. The number of halogens is 1. The number of ether oxygens (including phenoxy) is 2. The van der Waals surface area contributed by atoms with Crippen molar-refractivity contribution in [1.82, 2.24) is 4.57 Å². The number of nitro benzene ring substituents is 1. The van der Waals surface area contributed by atoms with Crippen LogP contribution in [0.3, 0.4) is 0 Å². The lowest BCUT2D eigenvalue weighted by Gasteiger charge is -2.28. The van der Waals surface area contributed by atoms with E-state index in [1.165, 1.54) is 10.6 Å². The lowest BCUT2D eigenvalue weighted by Crippen LogP contribution is -2.40. The Morgan fingerprint density at radius 1 is 1.15 bits per heavy atom. The minimum absolute atomic E-state index is 0.142. The smallest absolute Gasteiger partial charge is 0.338 e. The van der Waals surface area contributed by atoms with E-state index in [2.05, 4.69) is 0 Å². The van der Waals surface area contributed by atoms with E-state index in [1.54, 1.807) is 32.2 Å². The highest BCUT2D eigenvalue weighted by Crippen LogP contribution is 2.41. The Hall–Kier alpha value is -5.36. The van der Waals surface area contributed by atoms with E-state index in [-0.39, 0.29) is 22.5 Å². The van der Waals surface area contributed by atoms with Crippen LogP contribution in [-0.4, -0.2) is 29.2 Å². The molecular weight excluding hydrogens is 613 g/mol. The molecule has 0 radical (unpaired) electrons. The molecule has 2 aromatic heterocycles. The predicted molar refractivity (Wildman–Crippen MR) is 171 cm³/mol. The summed E-state index contributed by atoms with van der Waals surface area (Å²) >= 11 is 1.15. The third-order valence-electron chi connectivity index (χ3n) is 7.64. The maximum absolute atomic E-state index is 14.3. The minimum atomic E-state index is -0.955. The van der Waals surface area contributed by atoms with Crippen LogP contribution in [0.15, 0.2) is 92.2 Å². The van der Waals surface area contributed by atoms with Crippen molar-refractivity contribution in [3.05, 3.63) is 125 Å². The average molecular weight is 642 g/mol. The highest BCUT2D eigenvalue weighted by molar-refractivity contribution is 7.07. The number of hydrogen-bond acceptors (Lipinski definition) is 9. The number of furan rings is 1. The van der Waals surface area contributed by atoms with Crippen LogP contribution in [-0.2, 0) is 9.53 Å². The van der Waals surface area contributed by atoms with Gasteiger partial charge in [-0.15, -0.1) is 0 Å². The summed E-state index contributed by atoms with van der Waals surface area (Å²) in [6, 6.07) is 17.2. The molecular formula is C34H28FN3O7S. The molecule has 0 saturated carbocycles. The topological polar surface area (TPSA) is 126 Å². The van der Waals surface area contributed by atoms with Gasteiger partial charge in [-0.2, -0.15) is 4.39 Å². The van der Waals surface area contributed by atoms with Gasteiger partial charge in [0, 0.05) is 23.3 Å². The molecule has 5 aromatic rings. The van der Waals surface area contributed by atoms with Gasteiger partial charge in [-0.05, 0) is 54.4 Å². The molecule has 0 bridgehead atoms. The van der Waals surface area contributed by atoms with E-state index in [0.717, 1.165) is 34.2 Å². The molecule has 0 saturated heterocycles. The normalized spacial score (nSPS) is 14.7. The fourth-order valence-corrected chi connectivity index (χ4v) is 6.65. The van der Waals surface area contributed by atoms with Crippen LogP contribution < -0.4 is 19.6 Å². The monoisotopic (exact) mass is 641 g/mol. The highest BCUT2D eigenvalue weighted by Gasteiger charge is 2.37. The van der Waals surface area contributed by atoms with Crippen LogP contribution in [0.4, 0.5) is 10.1 Å². The largest absolute Gasteiger partial charge is 0.496 e. The Balaban J connectivity index is 1.57. The molecule has 234 valence electrons. The fraction of sp³-hybridized carbons (Fsp3) is 0.206. The lowest BCUT2D eigenvalue weighted by molar-refractivity contribution is -0.387. The third-order valence-corrected chi connectivity index (χ3v) is 8.63. The first kappa shape index (κ1) is 30.7. The molecule has 1 aliphatic heterocycles. The van der Waals surface area contributed by atoms with E-state index in [4.69, 9.17) is 18.9 Å². The van der Waals surface area contributed by atoms with E-state index in [0.29, 0.717) is 46.0 Å².